The predicted octanol–water partition coefficient (Wildman–Crippen LogP) is 5.93. The van der Waals surface area contributed by atoms with Crippen LogP contribution in [-0.4, -0.2) is 0 Å². The Hall–Kier alpha value is 0.390. The van der Waals surface area contributed by atoms with E-state index in [-0.39, 0.29) is 8.84 Å². The molecular weight excluding hydrogens is 347 g/mol. The molecule has 2 heterocycles. The Morgan fingerprint density at radius 2 is 1.31 bits per heavy atom. The monoisotopic (exact) mass is 364 g/mol. The predicted molar refractivity (Wildman–Crippen MR) is 85.4 cm³/mol. The highest BCUT2D eigenvalue weighted by Crippen LogP contribution is 2.43. The van der Waals surface area contributed by atoms with Gasteiger partial charge in [-0.3, -0.25) is 0 Å². The largest absolute Gasteiger partial charge is 0.139 e. The van der Waals surface area contributed by atoms with E-state index >= 15 is 0 Å². The summed E-state index contributed by atoms with van der Waals surface area (Å²) in [5.74, 6) is 0. The van der Waals surface area contributed by atoms with Gasteiger partial charge in [0, 0.05) is 19.2 Å². The first-order chi connectivity index (χ1) is 7.18. The zero-order chi connectivity index (χ0) is 12.1. The number of fused-ring (bicyclic) bond motifs is 1. The lowest BCUT2D eigenvalue weighted by Gasteiger charge is -2.15. The third kappa shape index (κ3) is 2.46. The van der Waals surface area contributed by atoms with Gasteiger partial charge in [0.05, 0.1) is 3.42 Å². The fourth-order valence-corrected chi connectivity index (χ4v) is 4.43. The average Bonchev–Trinajstić information content (AvgIpc) is 2.53. The van der Waals surface area contributed by atoms with Crippen molar-refractivity contribution in [3.05, 3.63) is 21.9 Å². The SMILES string of the molecule is CC(C)(C)c1cc2sc(C(C)(C)I)cc2s1. The van der Waals surface area contributed by atoms with Crippen molar-refractivity contribution in [2.45, 2.75) is 43.5 Å². The van der Waals surface area contributed by atoms with Gasteiger partial charge < -0.3 is 0 Å². The average molecular weight is 364 g/mol. The van der Waals surface area contributed by atoms with Crippen LogP contribution in [0.5, 0.6) is 0 Å². The van der Waals surface area contributed by atoms with Gasteiger partial charge in [-0.05, 0) is 31.4 Å². The minimum absolute atomic E-state index is 0.253. The fourth-order valence-electron chi connectivity index (χ4n) is 1.50. The molecule has 0 aliphatic rings. The molecule has 0 radical (unpaired) electrons. The molecule has 0 nitrogen and oxygen atoms in total. The van der Waals surface area contributed by atoms with Crippen LogP contribution in [0.15, 0.2) is 12.1 Å². The van der Waals surface area contributed by atoms with Gasteiger partial charge in [-0.2, -0.15) is 0 Å². The van der Waals surface area contributed by atoms with E-state index in [1.807, 2.05) is 22.7 Å². The molecule has 16 heavy (non-hydrogen) atoms. The molecule has 0 saturated heterocycles. The summed E-state index contributed by atoms with van der Waals surface area (Å²) in [5, 5.41) is 0. The minimum Gasteiger partial charge on any atom is -0.139 e. The highest BCUT2D eigenvalue weighted by molar-refractivity contribution is 14.1. The van der Waals surface area contributed by atoms with E-state index in [0.717, 1.165) is 0 Å². The van der Waals surface area contributed by atoms with E-state index in [2.05, 4.69) is 69.3 Å². The van der Waals surface area contributed by atoms with Crippen molar-refractivity contribution >= 4 is 54.7 Å². The Balaban J connectivity index is 2.49. The number of thiophene rings is 2. The molecule has 2 aromatic rings. The first-order valence-corrected chi connectivity index (χ1v) is 8.12. The summed E-state index contributed by atoms with van der Waals surface area (Å²) < 4.78 is 3.16. The van der Waals surface area contributed by atoms with Gasteiger partial charge in [0.2, 0.25) is 0 Å². The van der Waals surface area contributed by atoms with Crippen LogP contribution in [0.4, 0.5) is 0 Å². The zero-order valence-electron chi connectivity index (χ0n) is 10.3. The molecule has 2 aromatic heterocycles. The maximum atomic E-state index is 2.51. The van der Waals surface area contributed by atoms with Crippen molar-refractivity contribution < 1.29 is 0 Å². The second kappa shape index (κ2) is 3.95. The molecule has 2 rings (SSSR count). The third-order valence-electron chi connectivity index (χ3n) is 2.53. The fraction of sp³-hybridized carbons (Fsp3) is 0.538. The highest BCUT2D eigenvalue weighted by atomic mass is 127. The lowest BCUT2D eigenvalue weighted by Crippen LogP contribution is -2.07. The van der Waals surface area contributed by atoms with Gasteiger partial charge in [-0.1, -0.05) is 43.4 Å². The second-order valence-corrected chi connectivity index (χ2v) is 10.5. The van der Waals surface area contributed by atoms with Crippen molar-refractivity contribution in [2.24, 2.45) is 0 Å². The Morgan fingerprint density at radius 1 is 0.875 bits per heavy atom. The molecule has 0 unspecified atom stereocenters. The van der Waals surface area contributed by atoms with Crippen molar-refractivity contribution in [2.75, 3.05) is 0 Å². The molecule has 88 valence electrons. The molecular formula is C13H17IS2. The molecule has 0 N–H and O–H groups in total. The Labute approximate surface area is 119 Å². The van der Waals surface area contributed by atoms with Crippen LogP contribution in [0, 0.1) is 0 Å². The summed E-state index contributed by atoms with van der Waals surface area (Å²) in [6.07, 6.45) is 0. The van der Waals surface area contributed by atoms with Gasteiger partial charge in [-0.25, -0.2) is 0 Å². The molecule has 0 amide bonds. The van der Waals surface area contributed by atoms with E-state index in [4.69, 9.17) is 0 Å². The van der Waals surface area contributed by atoms with E-state index < -0.39 is 0 Å². The molecule has 0 aromatic carbocycles. The molecule has 0 spiro atoms. The van der Waals surface area contributed by atoms with Crippen LogP contribution in [-0.2, 0) is 8.84 Å². The number of alkyl halides is 1. The van der Waals surface area contributed by atoms with Crippen LogP contribution < -0.4 is 0 Å². The first kappa shape index (κ1) is 12.8. The van der Waals surface area contributed by atoms with Crippen molar-refractivity contribution in [3.63, 3.8) is 0 Å². The molecule has 0 bridgehead atoms. The van der Waals surface area contributed by atoms with E-state index in [0.29, 0.717) is 0 Å². The molecule has 0 aliphatic heterocycles. The van der Waals surface area contributed by atoms with Crippen LogP contribution >= 0.6 is 45.3 Å². The molecule has 0 aliphatic carbocycles. The summed E-state index contributed by atoms with van der Waals surface area (Å²) >= 11 is 6.41. The van der Waals surface area contributed by atoms with E-state index in [9.17, 15) is 0 Å². The molecule has 0 fully saturated rings. The minimum atomic E-state index is 0.253. The third-order valence-corrected chi connectivity index (χ3v) is 6.52. The molecule has 0 saturated carbocycles. The van der Waals surface area contributed by atoms with Crippen molar-refractivity contribution in [1.82, 2.24) is 0 Å². The van der Waals surface area contributed by atoms with Gasteiger partial charge >= 0.3 is 0 Å². The standard InChI is InChI=1S/C13H17IS2/c1-12(2,3)10-6-8-9(15-10)7-11(16-8)13(4,5)14/h6-7H,1-5H3. The quantitative estimate of drug-likeness (QED) is 0.435. The second-order valence-electron chi connectivity index (χ2n) is 5.67. The maximum Gasteiger partial charge on any atom is 0.0508 e. The number of rotatable bonds is 1. The van der Waals surface area contributed by atoms with Gasteiger partial charge in [0.1, 0.15) is 0 Å². The summed E-state index contributed by atoms with van der Waals surface area (Å²) in [7, 11) is 0. The smallest absolute Gasteiger partial charge is 0.0508 e. The van der Waals surface area contributed by atoms with Gasteiger partial charge in [0.25, 0.3) is 0 Å². The molecule has 3 heteroatoms. The van der Waals surface area contributed by atoms with Crippen LogP contribution in [0.2, 0.25) is 0 Å². The Bertz CT molecular complexity index is 431. The topological polar surface area (TPSA) is 0 Å². The summed E-state index contributed by atoms with van der Waals surface area (Å²) in [6, 6.07) is 4.74. The summed E-state index contributed by atoms with van der Waals surface area (Å²) in [4.78, 5) is 2.97. The highest BCUT2D eigenvalue weighted by Gasteiger charge is 2.22. The number of halogens is 1. The van der Waals surface area contributed by atoms with Crippen LogP contribution in [0.3, 0.4) is 0 Å². The zero-order valence-corrected chi connectivity index (χ0v) is 14.1. The van der Waals surface area contributed by atoms with Gasteiger partial charge in [-0.15, -0.1) is 22.7 Å². The van der Waals surface area contributed by atoms with Crippen molar-refractivity contribution in [3.8, 4) is 0 Å². The normalized spacial score (nSPS) is 13.6. The van der Waals surface area contributed by atoms with Crippen LogP contribution in [0.25, 0.3) is 9.40 Å². The lowest BCUT2D eigenvalue weighted by atomic mass is 9.95. The summed E-state index contributed by atoms with van der Waals surface area (Å²) in [5.41, 5.74) is 0.281. The van der Waals surface area contributed by atoms with Crippen LogP contribution in [0.1, 0.15) is 44.4 Å². The Morgan fingerprint density at radius 3 is 1.75 bits per heavy atom. The van der Waals surface area contributed by atoms with Crippen molar-refractivity contribution in [1.29, 1.82) is 0 Å². The first-order valence-electron chi connectivity index (χ1n) is 5.41. The Kier molecular flexibility index (Phi) is 3.17. The van der Waals surface area contributed by atoms with E-state index in [1.54, 1.807) is 0 Å². The molecule has 0 atom stereocenters. The maximum absolute atomic E-state index is 2.51. The number of hydrogen-bond acceptors (Lipinski definition) is 2. The van der Waals surface area contributed by atoms with Gasteiger partial charge in [0.15, 0.2) is 0 Å². The number of hydrogen-bond donors (Lipinski definition) is 0. The van der Waals surface area contributed by atoms with E-state index in [1.165, 1.54) is 19.2 Å². The summed E-state index contributed by atoms with van der Waals surface area (Å²) in [6.45, 7) is 11.4. The lowest BCUT2D eigenvalue weighted by molar-refractivity contribution is 0.604.